The smallest absolute Gasteiger partial charge is 0.0363 e. The molecule has 2 unspecified atom stereocenters. The molecule has 1 aromatic rings. The van der Waals surface area contributed by atoms with Crippen LogP contribution in [0.15, 0.2) is 24.3 Å². The van der Waals surface area contributed by atoms with E-state index in [1.807, 2.05) is 13.8 Å². The van der Waals surface area contributed by atoms with Crippen LogP contribution >= 0.6 is 0 Å². The SMILES string of the molecule is CC.CCN(C)c1ccc(CC2CC2C)cc1. The van der Waals surface area contributed by atoms with Crippen LogP contribution in [0.4, 0.5) is 5.69 Å². The lowest BCUT2D eigenvalue weighted by molar-refractivity contribution is 0.747. The monoisotopic (exact) mass is 233 g/mol. The molecule has 17 heavy (non-hydrogen) atoms. The van der Waals surface area contributed by atoms with Crippen molar-refractivity contribution in [3.8, 4) is 0 Å². The van der Waals surface area contributed by atoms with Gasteiger partial charge in [-0.05, 0) is 49.3 Å². The molecule has 0 amide bonds. The van der Waals surface area contributed by atoms with Crippen LogP contribution < -0.4 is 4.90 Å². The Morgan fingerprint density at radius 1 is 1.18 bits per heavy atom. The molecule has 2 atom stereocenters. The summed E-state index contributed by atoms with van der Waals surface area (Å²) < 4.78 is 0. The predicted octanol–water partition coefficient (Wildman–Crippen LogP) is 4.37. The van der Waals surface area contributed by atoms with Gasteiger partial charge in [0.05, 0.1) is 0 Å². The van der Waals surface area contributed by atoms with Gasteiger partial charge in [0.15, 0.2) is 0 Å². The quantitative estimate of drug-likeness (QED) is 0.746. The summed E-state index contributed by atoms with van der Waals surface area (Å²) in [5.74, 6) is 1.92. The van der Waals surface area contributed by atoms with Crippen molar-refractivity contribution in [2.75, 3.05) is 18.5 Å². The van der Waals surface area contributed by atoms with Gasteiger partial charge in [0.2, 0.25) is 0 Å². The minimum absolute atomic E-state index is 0.958. The van der Waals surface area contributed by atoms with Crippen molar-refractivity contribution in [3.63, 3.8) is 0 Å². The van der Waals surface area contributed by atoms with Crippen molar-refractivity contribution in [2.45, 2.75) is 40.5 Å². The molecule has 1 saturated carbocycles. The zero-order chi connectivity index (χ0) is 12.8. The van der Waals surface area contributed by atoms with E-state index in [9.17, 15) is 0 Å². The van der Waals surface area contributed by atoms with E-state index in [0.29, 0.717) is 0 Å². The van der Waals surface area contributed by atoms with E-state index >= 15 is 0 Å². The standard InChI is InChI=1S/C14H21N.C2H6/c1-4-15(3)14-7-5-12(6-8-14)10-13-9-11(13)2;1-2/h5-8,11,13H,4,9-10H2,1-3H3;1-2H3. The topological polar surface area (TPSA) is 3.24 Å². The first-order valence-electron chi connectivity index (χ1n) is 7.00. The Hall–Kier alpha value is -0.980. The zero-order valence-electron chi connectivity index (χ0n) is 12.0. The first-order valence-corrected chi connectivity index (χ1v) is 7.00. The third-order valence-electron chi connectivity index (χ3n) is 3.63. The summed E-state index contributed by atoms with van der Waals surface area (Å²) in [7, 11) is 2.14. The van der Waals surface area contributed by atoms with E-state index in [2.05, 4.69) is 50.1 Å². The second-order valence-electron chi connectivity index (χ2n) is 4.86. The third kappa shape index (κ3) is 4.07. The largest absolute Gasteiger partial charge is 0.375 e. The van der Waals surface area contributed by atoms with Crippen molar-refractivity contribution in [3.05, 3.63) is 29.8 Å². The summed E-state index contributed by atoms with van der Waals surface area (Å²) in [5.41, 5.74) is 2.82. The van der Waals surface area contributed by atoms with Crippen LogP contribution in [0.25, 0.3) is 0 Å². The van der Waals surface area contributed by atoms with E-state index < -0.39 is 0 Å². The van der Waals surface area contributed by atoms with Crippen LogP contribution in [0.2, 0.25) is 0 Å². The summed E-state index contributed by atoms with van der Waals surface area (Å²) in [6, 6.07) is 9.05. The first-order chi connectivity index (χ1) is 8.20. The number of hydrogen-bond acceptors (Lipinski definition) is 1. The summed E-state index contributed by atoms with van der Waals surface area (Å²) in [5, 5.41) is 0. The van der Waals surface area contributed by atoms with Gasteiger partial charge < -0.3 is 4.90 Å². The summed E-state index contributed by atoms with van der Waals surface area (Å²) in [6.45, 7) is 9.60. The maximum atomic E-state index is 2.35. The molecule has 0 bridgehead atoms. The van der Waals surface area contributed by atoms with Crippen LogP contribution in [0.3, 0.4) is 0 Å². The maximum absolute atomic E-state index is 2.35. The summed E-state index contributed by atoms with van der Waals surface area (Å²) in [4.78, 5) is 2.27. The molecular weight excluding hydrogens is 206 g/mol. The fourth-order valence-corrected chi connectivity index (χ4v) is 2.06. The highest BCUT2D eigenvalue weighted by Crippen LogP contribution is 2.40. The maximum Gasteiger partial charge on any atom is 0.0363 e. The number of benzene rings is 1. The molecule has 1 aliphatic rings. The molecule has 1 nitrogen and oxygen atoms in total. The van der Waals surface area contributed by atoms with Crippen LogP contribution in [0.1, 0.15) is 39.7 Å². The van der Waals surface area contributed by atoms with Gasteiger partial charge in [-0.1, -0.05) is 32.9 Å². The molecule has 96 valence electrons. The molecule has 0 spiro atoms. The van der Waals surface area contributed by atoms with Gasteiger partial charge in [-0.25, -0.2) is 0 Å². The Morgan fingerprint density at radius 2 is 1.71 bits per heavy atom. The fourth-order valence-electron chi connectivity index (χ4n) is 2.06. The Bertz CT molecular complexity index is 315. The normalized spacial score (nSPS) is 21.5. The van der Waals surface area contributed by atoms with Gasteiger partial charge in [0.25, 0.3) is 0 Å². The average Bonchev–Trinajstić information content (AvgIpc) is 3.07. The van der Waals surface area contributed by atoms with E-state index in [1.165, 1.54) is 24.1 Å². The summed E-state index contributed by atoms with van der Waals surface area (Å²) >= 11 is 0. The highest BCUT2D eigenvalue weighted by molar-refractivity contribution is 5.46. The minimum Gasteiger partial charge on any atom is -0.375 e. The molecule has 1 aliphatic carbocycles. The summed E-state index contributed by atoms with van der Waals surface area (Å²) in [6.07, 6.45) is 2.70. The number of anilines is 1. The predicted molar refractivity (Wildman–Crippen MR) is 77.7 cm³/mol. The molecule has 0 radical (unpaired) electrons. The minimum atomic E-state index is 0.958. The van der Waals surface area contributed by atoms with Crippen LogP contribution in [0.5, 0.6) is 0 Å². The Kier molecular flexibility index (Phi) is 5.54. The molecule has 0 saturated heterocycles. The van der Waals surface area contributed by atoms with E-state index in [0.717, 1.165) is 18.4 Å². The van der Waals surface area contributed by atoms with Crippen molar-refractivity contribution >= 4 is 5.69 Å². The number of rotatable bonds is 4. The fraction of sp³-hybridized carbons (Fsp3) is 0.625. The molecule has 0 N–H and O–H groups in total. The third-order valence-corrected chi connectivity index (χ3v) is 3.63. The second-order valence-corrected chi connectivity index (χ2v) is 4.86. The van der Waals surface area contributed by atoms with Gasteiger partial charge in [0, 0.05) is 19.3 Å². The number of nitrogens with zero attached hydrogens (tertiary/aromatic N) is 1. The highest BCUT2D eigenvalue weighted by Gasteiger charge is 2.31. The molecule has 2 rings (SSSR count). The van der Waals surface area contributed by atoms with Crippen molar-refractivity contribution in [2.24, 2.45) is 11.8 Å². The van der Waals surface area contributed by atoms with E-state index in [1.54, 1.807) is 0 Å². The number of hydrogen-bond donors (Lipinski definition) is 0. The lowest BCUT2D eigenvalue weighted by Gasteiger charge is -2.16. The van der Waals surface area contributed by atoms with Crippen molar-refractivity contribution in [1.82, 2.24) is 0 Å². The molecule has 1 heteroatoms. The van der Waals surface area contributed by atoms with E-state index in [-0.39, 0.29) is 0 Å². The van der Waals surface area contributed by atoms with Crippen molar-refractivity contribution < 1.29 is 0 Å². The van der Waals surface area contributed by atoms with Crippen LogP contribution in [0, 0.1) is 11.8 Å². The van der Waals surface area contributed by atoms with Gasteiger partial charge >= 0.3 is 0 Å². The second kappa shape index (κ2) is 6.68. The Labute approximate surface area is 107 Å². The van der Waals surface area contributed by atoms with Crippen LogP contribution in [-0.2, 0) is 6.42 Å². The van der Waals surface area contributed by atoms with Gasteiger partial charge in [-0.15, -0.1) is 0 Å². The molecule has 1 fully saturated rings. The van der Waals surface area contributed by atoms with Crippen molar-refractivity contribution in [1.29, 1.82) is 0 Å². The van der Waals surface area contributed by atoms with E-state index in [4.69, 9.17) is 0 Å². The first kappa shape index (κ1) is 14.1. The zero-order valence-corrected chi connectivity index (χ0v) is 12.0. The molecule has 0 aromatic heterocycles. The Balaban J connectivity index is 0.000000686. The highest BCUT2D eigenvalue weighted by atomic mass is 15.1. The van der Waals surface area contributed by atoms with Gasteiger partial charge in [-0.2, -0.15) is 0 Å². The average molecular weight is 233 g/mol. The van der Waals surface area contributed by atoms with Gasteiger partial charge in [-0.3, -0.25) is 0 Å². The van der Waals surface area contributed by atoms with Crippen LogP contribution in [-0.4, -0.2) is 13.6 Å². The molecule has 1 aromatic carbocycles. The lowest BCUT2D eigenvalue weighted by Crippen LogP contribution is -2.15. The molecule has 0 aliphatic heterocycles. The molecular formula is C16H27N. The van der Waals surface area contributed by atoms with Gasteiger partial charge in [0.1, 0.15) is 0 Å². The lowest BCUT2D eigenvalue weighted by atomic mass is 10.1. The Morgan fingerprint density at radius 3 is 2.12 bits per heavy atom. The molecule has 0 heterocycles.